The Morgan fingerprint density at radius 2 is 1.95 bits per heavy atom. The first-order valence-corrected chi connectivity index (χ1v) is 8.11. The van der Waals surface area contributed by atoms with Crippen molar-refractivity contribution in [1.29, 1.82) is 0 Å². The number of nitrogens with one attached hydrogen (secondary N) is 2. The normalized spacial score (nSPS) is 35.8. The maximum Gasteiger partial charge on any atom is 0.171 e. The topological polar surface area (TPSA) is 24.1 Å². The fourth-order valence-electron chi connectivity index (χ4n) is 4.58. The lowest BCUT2D eigenvalue weighted by Gasteiger charge is -2.32. The summed E-state index contributed by atoms with van der Waals surface area (Å²) in [5, 5.41) is 7.28. The molecule has 0 heterocycles. The van der Waals surface area contributed by atoms with Crippen molar-refractivity contribution in [1.82, 2.24) is 5.32 Å². The van der Waals surface area contributed by atoms with E-state index in [1.54, 1.807) is 12.1 Å². The second-order valence-electron chi connectivity index (χ2n) is 6.51. The summed E-state index contributed by atoms with van der Waals surface area (Å²) in [7, 11) is 0. The van der Waals surface area contributed by atoms with E-state index in [1.165, 1.54) is 31.4 Å². The minimum absolute atomic E-state index is 0.230. The van der Waals surface area contributed by atoms with Crippen LogP contribution in [0.15, 0.2) is 36.4 Å². The number of thiocarbonyl (C=S) groups is 1. The smallest absolute Gasteiger partial charge is 0.171 e. The van der Waals surface area contributed by atoms with E-state index < -0.39 is 0 Å². The van der Waals surface area contributed by atoms with E-state index in [9.17, 15) is 4.39 Å². The van der Waals surface area contributed by atoms with Gasteiger partial charge in [-0.15, -0.1) is 0 Å². The zero-order chi connectivity index (χ0) is 14.4. The van der Waals surface area contributed by atoms with Gasteiger partial charge in [-0.25, -0.2) is 4.39 Å². The van der Waals surface area contributed by atoms with Gasteiger partial charge in [-0.3, -0.25) is 0 Å². The summed E-state index contributed by atoms with van der Waals surface area (Å²) in [6.45, 7) is 0. The molecule has 5 atom stereocenters. The van der Waals surface area contributed by atoms with E-state index in [-0.39, 0.29) is 5.82 Å². The van der Waals surface area contributed by atoms with E-state index >= 15 is 0 Å². The number of benzene rings is 1. The molecule has 2 N–H and O–H groups in total. The van der Waals surface area contributed by atoms with Gasteiger partial charge in [0.25, 0.3) is 0 Å². The molecule has 2 bridgehead atoms. The highest BCUT2D eigenvalue weighted by molar-refractivity contribution is 7.80. The Morgan fingerprint density at radius 1 is 1.14 bits per heavy atom. The summed E-state index contributed by atoms with van der Waals surface area (Å²) in [6, 6.07) is 6.78. The van der Waals surface area contributed by atoms with Gasteiger partial charge in [-0.1, -0.05) is 12.2 Å². The molecule has 1 aromatic rings. The van der Waals surface area contributed by atoms with Crippen LogP contribution >= 0.6 is 12.2 Å². The highest BCUT2D eigenvalue weighted by Crippen LogP contribution is 2.56. The third kappa shape index (κ3) is 2.35. The summed E-state index contributed by atoms with van der Waals surface area (Å²) >= 11 is 5.41. The van der Waals surface area contributed by atoms with Crippen molar-refractivity contribution in [2.24, 2.45) is 23.7 Å². The van der Waals surface area contributed by atoms with Gasteiger partial charge in [0.05, 0.1) is 0 Å². The molecule has 0 aromatic heterocycles. The van der Waals surface area contributed by atoms with Crippen molar-refractivity contribution in [3.63, 3.8) is 0 Å². The average Bonchev–Trinajstić information content (AvgIpc) is 3.13. The van der Waals surface area contributed by atoms with Gasteiger partial charge in [0.2, 0.25) is 0 Å². The van der Waals surface area contributed by atoms with Gasteiger partial charge in [-0.2, -0.15) is 0 Å². The molecule has 4 heteroatoms. The van der Waals surface area contributed by atoms with E-state index in [0.717, 1.165) is 29.4 Å². The first kappa shape index (κ1) is 13.3. The molecule has 0 unspecified atom stereocenters. The first-order valence-electron chi connectivity index (χ1n) is 7.70. The highest BCUT2D eigenvalue weighted by Gasteiger charge is 2.52. The molecule has 0 radical (unpaired) electrons. The van der Waals surface area contributed by atoms with Crippen molar-refractivity contribution in [2.75, 3.05) is 5.32 Å². The molecule has 0 spiro atoms. The maximum atomic E-state index is 12.9. The molecule has 2 saturated carbocycles. The van der Waals surface area contributed by atoms with Crippen molar-refractivity contribution in [2.45, 2.75) is 25.3 Å². The number of hydrogen-bond donors (Lipinski definition) is 2. The molecular formula is C17H19FN2S. The molecule has 21 heavy (non-hydrogen) atoms. The molecule has 0 amide bonds. The minimum Gasteiger partial charge on any atom is -0.359 e. The lowest BCUT2D eigenvalue weighted by atomic mass is 9.79. The predicted molar refractivity (Wildman–Crippen MR) is 86.5 cm³/mol. The van der Waals surface area contributed by atoms with E-state index in [0.29, 0.717) is 11.2 Å². The fourth-order valence-corrected chi connectivity index (χ4v) is 4.85. The summed E-state index contributed by atoms with van der Waals surface area (Å²) < 4.78 is 12.9. The number of rotatable bonds is 2. The number of halogens is 1. The third-order valence-corrected chi connectivity index (χ3v) is 5.65. The highest BCUT2D eigenvalue weighted by atomic mass is 32.1. The Labute approximate surface area is 129 Å². The Bertz CT molecular complexity index is 583. The van der Waals surface area contributed by atoms with Crippen LogP contribution in [0.4, 0.5) is 10.1 Å². The van der Waals surface area contributed by atoms with Crippen molar-refractivity contribution in [3.8, 4) is 0 Å². The van der Waals surface area contributed by atoms with Gasteiger partial charge in [0.1, 0.15) is 5.82 Å². The second kappa shape index (κ2) is 5.09. The molecule has 1 aromatic carbocycles. The predicted octanol–water partition coefficient (Wildman–Crippen LogP) is 3.71. The average molecular weight is 302 g/mol. The second-order valence-corrected chi connectivity index (χ2v) is 6.92. The van der Waals surface area contributed by atoms with E-state index in [2.05, 4.69) is 22.8 Å². The monoisotopic (exact) mass is 302 g/mol. The van der Waals surface area contributed by atoms with Crippen LogP contribution in [0.25, 0.3) is 0 Å². The molecule has 0 saturated heterocycles. The molecule has 2 nitrogen and oxygen atoms in total. The van der Waals surface area contributed by atoms with Crippen LogP contribution in [0, 0.1) is 29.5 Å². The van der Waals surface area contributed by atoms with E-state index in [1.807, 2.05) is 0 Å². The first-order chi connectivity index (χ1) is 10.2. The van der Waals surface area contributed by atoms with E-state index in [4.69, 9.17) is 12.2 Å². The van der Waals surface area contributed by atoms with Gasteiger partial charge in [0, 0.05) is 11.7 Å². The Kier molecular flexibility index (Phi) is 3.21. The van der Waals surface area contributed by atoms with Crippen LogP contribution in [-0.4, -0.2) is 11.2 Å². The van der Waals surface area contributed by atoms with Gasteiger partial charge < -0.3 is 10.6 Å². The molecule has 2 fully saturated rings. The van der Waals surface area contributed by atoms with Gasteiger partial charge in [0.15, 0.2) is 5.11 Å². The number of anilines is 1. The molecule has 3 aliphatic rings. The van der Waals surface area contributed by atoms with Crippen molar-refractivity contribution >= 4 is 23.0 Å². The molecule has 110 valence electrons. The third-order valence-electron chi connectivity index (χ3n) is 5.43. The van der Waals surface area contributed by atoms with Crippen molar-refractivity contribution in [3.05, 3.63) is 42.2 Å². The Hall–Kier alpha value is -1.42. The van der Waals surface area contributed by atoms with Crippen LogP contribution in [-0.2, 0) is 0 Å². The molecule has 4 rings (SSSR count). The zero-order valence-corrected chi connectivity index (χ0v) is 12.6. The van der Waals surface area contributed by atoms with Crippen LogP contribution in [0.2, 0.25) is 0 Å². The SMILES string of the molecule is Fc1ccc(NC(=S)N[C@@H]2C[C@H]3C[C@H]2[C@H]2C=CC[C@@H]32)cc1. The quantitative estimate of drug-likeness (QED) is 0.643. The summed E-state index contributed by atoms with van der Waals surface area (Å²) in [5.74, 6) is 3.01. The van der Waals surface area contributed by atoms with Crippen LogP contribution < -0.4 is 10.6 Å². The zero-order valence-electron chi connectivity index (χ0n) is 11.8. The number of hydrogen-bond acceptors (Lipinski definition) is 1. The molecular weight excluding hydrogens is 283 g/mol. The standard InChI is InChI=1S/C17H19FN2S/c18-11-4-6-12(7-5-11)19-17(21)20-16-9-10-8-15(16)14-3-1-2-13(10)14/h1,3-7,10,13-16H,2,8-9H2,(H2,19,20,21)/t10-,13+,14+,15+,16-/m1/s1. The molecule has 0 aliphatic heterocycles. The summed E-state index contributed by atoms with van der Waals surface area (Å²) in [4.78, 5) is 0. The fraction of sp³-hybridized carbons (Fsp3) is 0.471. The lowest BCUT2D eigenvalue weighted by molar-refractivity contribution is 0.246. The minimum atomic E-state index is -0.230. The van der Waals surface area contributed by atoms with Crippen molar-refractivity contribution < 1.29 is 4.39 Å². The van der Waals surface area contributed by atoms with Crippen LogP contribution in [0.3, 0.4) is 0 Å². The maximum absolute atomic E-state index is 12.9. The number of fused-ring (bicyclic) bond motifs is 5. The largest absolute Gasteiger partial charge is 0.359 e. The Balaban J connectivity index is 1.37. The summed E-state index contributed by atoms with van der Waals surface area (Å²) in [6.07, 6.45) is 8.62. The van der Waals surface area contributed by atoms with Gasteiger partial charge >= 0.3 is 0 Å². The lowest BCUT2D eigenvalue weighted by Crippen LogP contribution is -2.44. The molecule has 3 aliphatic carbocycles. The van der Waals surface area contributed by atoms with Crippen LogP contribution in [0.5, 0.6) is 0 Å². The van der Waals surface area contributed by atoms with Gasteiger partial charge in [-0.05, 0) is 79.4 Å². The summed E-state index contributed by atoms with van der Waals surface area (Å²) in [5.41, 5.74) is 0.829. The Morgan fingerprint density at radius 3 is 2.76 bits per heavy atom. The number of allylic oxidation sites excluding steroid dienone is 2. The van der Waals surface area contributed by atoms with Crippen LogP contribution in [0.1, 0.15) is 19.3 Å².